The van der Waals surface area contributed by atoms with Crippen LogP contribution in [0.25, 0.3) is 0 Å². The number of amides is 3. The Balaban J connectivity index is 1.69. The lowest BCUT2D eigenvalue weighted by molar-refractivity contribution is 0.0949. The molecule has 0 spiro atoms. The maximum atomic E-state index is 12.5. The van der Waals surface area contributed by atoms with Gasteiger partial charge in [-0.1, -0.05) is 33.1 Å². The third-order valence-electron chi connectivity index (χ3n) is 6.72. The van der Waals surface area contributed by atoms with Gasteiger partial charge in [0.25, 0.3) is 5.91 Å². The summed E-state index contributed by atoms with van der Waals surface area (Å²) in [6.07, 6.45) is 7.44. The SMILES string of the molecule is CCNC(=O)N(C)c1cnc(Nc2ccc(C(=O)NCCN(CC)CC)cc2)nc1NC1CCCCC1. The van der Waals surface area contributed by atoms with Crippen molar-refractivity contribution in [3.8, 4) is 0 Å². The summed E-state index contributed by atoms with van der Waals surface area (Å²) in [5.41, 5.74) is 2.00. The Kier molecular flexibility index (Phi) is 10.9. The molecule has 1 aliphatic rings. The zero-order chi connectivity index (χ0) is 26.6. The van der Waals surface area contributed by atoms with Gasteiger partial charge in [0.2, 0.25) is 5.95 Å². The minimum atomic E-state index is -0.204. The highest BCUT2D eigenvalue weighted by Gasteiger charge is 2.21. The zero-order valence-electron chi connectivity index (χ0n) is 22.6. The van der Waals surface area contributed by atoms with Gasteiger partial charge >= 0.3 is 6.03 Å². The quantitative estimate of drug-likeness (QED) is 0.338. The van der Waals surface area contributed by atoms with Crippen molar-refractivity contribution < 1.29 is 9.59 Å². The molecule has 1 aromatic heterocycles. The van der Waals surface area contributed by atoms with Gasteiger partial charge in [0.05, 0.1) is 6.20 Å². The molecule has 1 fully saturated rings. The van der Waals surface area contributed by atoms with Gasteiger partial charge in [0.15, 0.2) is 5.82 Å². The molecule has 0 aliphatic heterocycles. The number of rotatable bonds is 12. The van der Waals surface area contributed by atoms with E-state index in [1.54, 1.807) is 25.4 Å². The monoisotopic (exact) mass is 510 g/mol. The lowest BCUT2D eigenvalue weighted by Crippen LogP contribution is -2.38. The number of anilines is 4. The van der Waals surface area contributed by atoms with Gasteiger partial charge in [0, 0.05) is 44.0 Å². The molecule has 3 rings (SSSR count). The number of urea groups is 1. The van der Waals surface area contributed by atoms with Crippen LogP contribution in [0.15, 0.2) is 30.5 Å². The molecule has 3 amide bonds. The van der Waals surface area contributed by atoms with Crippen LogP contribution in [0.3, 0.4) is 0 Å². The topological polar surface area (TPSA) is 115 Å². The van der Waals surface area contributed by atoms with Gasteiger partial charge in [-0.05, 0) is 57.1 Å². The molecule has 0 saturated heterocycles. The largest absolute Gasteiger partial charge is 0.365 e. The smallest absolute Gasteiger partial charge is 0.321 e. The molecule has 0 radical (unpaired) electrons. The second-order valence-corrected chi connectivity index (χ2v) is 9.29. The Bertz CT molecular complexity index is 1000. The van der Waals surface area contributed by atoms with Gasteiger partial charge < -0.3 is 26.2 Å². The predicted molar refractivity (Wildman–Crippen MR) is 150 cm³/mol. The fourth-order valence-corrected chi connectivity index (χ4v) is 4.41. The minimum Gasteiger partial charge on any atom is -0.365 e. The number of hydrogen-bond donors (Lipinski definition) is 4. The molecule has 202 valence electrons. The molecule has 1 aromatic carbocycles. The van der Waals surface area contributed by atoms with E-state index in [1.807, 2.05) is 19.1 Å². The number of carbonyl (C=O) groups is 2. The highest BCUT2D eigenvalue weighted by Crippen LogP contribution is 2.28. The van der Waals surface area contributed by atoms with Crippen molar-refractivity contribution >= 4 is 35.1 Å². The van der Waals surface area contributed by atoms with Crippen LogP contribution in [0.1, 0.15) is 63.2 Å². The van der Waals surface area contributed by atoms with E-state index in [1.165, 1.54) is 24.2 Å². The van der Waals surface area contributed by atoms with Crippen molar-refractivity contribution in [2.45, 2.75) is 58.9 Å². The summed E-state index contributed by atoms with van der Waals surface area (Å²) < 4.78 is 0. The average molecular weight is 511 g/mol. The Hall–Kier alpha value is -3.40. The number of hydrogen-bond acceptors (Lipinski definition) is 7. The number of nitrogens with zero attached hydrogens (tertiary/aromatic N) is 4. The molecule has 1 aliphatic carbocycles. The molecule has 0 unspecified atom stereocenters. The number of nitrogens with one attached hydrogen (secondary N) is 4. The van der Waals surface area contributed by atoms with Crippen LogP contribution in [0.4, 0.5) is 27.9 Å². The fourth-order valence-electron chi connectivity index (χ4n) is 4.41. The molecule has 1 heterocycles. The third-order valence-corrected chi connectivity index (χ3v) is 6.72. The van der Waals surface area contributed by atoms with Crippen molar-refractivity contribution in [2.24, 2.45) is 0 Å². The van der Waals surface area contributed by atoms with Gasteiger partial charge in [-0.3, -0.25) is 9.69 Å². The summed E-state index contributed by atoms with van der Waals surface area (Å²) >= 11 is 0. The van der Waals surface area contributed by atoms with Crippen LogP contribution in [0.2, 0.25) is 0 Å². The number of carbonyl (C=O) groups excluding carboxylic acids is 2. The maximum Gasteiger partial charge on any atom is 0.321 e. The van der Waals surface area contributed by atoms with Gasteiger partial charge in [-0.15, -0.1) is 0 Å². The highest BCUT2D eigenvalue weighted by molar-refractivity contribution is 5.95. The molecule has 1 saturated carbocycles. The van der Waals surface area contributed by atoms with Crippen LogP contribution < -0.4 is 26.2 Å². The summed E-state index contributed by atoms with van der Waals surface area (Å²) in [5, 5.41) is 12.6. The second-order valence-electron chi connectivity index (χ2n) is 9.29. The second kappa shape index (κ2) is 14.4. The van der Waals surface area contributed by atoms with Crippen molar-refractivity contribution in [1.29, 1.82) is 0 Å². The van der Waals surface area contributed by atoms with Crippen molar-refractivity contribution in [1.82, 2.24) is 25.5 Å². The van der Waals surface area contributed by atoms with Crippen molar-refractivity contribution in [3.63, 3.8) is 0 Å². The summed E-state index contributed by atoms with van der Waals surface area (Å²) in [4.78, 5) is 37.9. The normalized spacial score (nSPS) is 13.8. The third kappa shape index (κ3) is 8.31. The predicted octanol–water partition coefficient (Wildman–Crippen LogP) is 4.20. The summed E-state index contributed by atoms with van der Waals surface area (Å²) in [5.74, 6) is 0.955. The molecule has 10 heteroatoms. The standard InChI is InChI=1S/C27H42N8O2/c1-5-28-27(37)34(4)23-19-30-26(33-24(23)31-21-11-9-8-10-12-21)32-22-15-13-20(14-16-22)25(36)29-17-18-35(6-2)7-3/h13-16,19,21H,5-12,17-18H2,1-4H3,(H,28,37)(H,29,36)(H2,30,31,32,33). The first-order chi connectivity index (χ1) is 17.9. The first-order valence-electron chi connectivity index (χ1n) is 13.5. The van der Waals surface area contributed by atoms with Crippen LogP contribution >= 0.6 is 0 Å². The first-order valence-corrected chi connectivity index (χ1v) is 13.5. The van der Waals surface area contributed by atoms with Gasteiger partial charge in [0.1, 0.15) is 5.69 Å². The van der Waals surface area contributed by atoms with E-state index in [9.17, 15) is 9.59 Å². The van der Waals surface area contributed by atoms with E-state index in [2.05, 4.69) is 45.0 Å². The first kappa shape index (κ1) is 28.2. The van der Waals surface area contributed by atoms with Crippen LogP contribution in [-0.2, 0) is 0 Å². The Labute approximate surface area is 220 Å². The molecule has 0 bridgehead atoms. The average Bonchev–Trinajstić information content (AvgIpc) is 2.92. The fraction of sp³-hybridized carbons (Fsp3) is 0.556. The lowest BCUT2D eigenvalue weighted by atomic mass is 9.95. The van der Waals surface area contributed by atoms with E-state index in [4.69, 9.17) is 4.98 Å². The van der Waals surface area contributed by atoms with Gasteiger partial charge in [-0.2, -0.15) is 4.98 Å². The van der Waals surface area contributed by atoms with Gasteiger partial charge in [-0.25, -0.2) is 9.78 Å². The Morgan fingerprint density at radius 3 is 2.35 bits per heavy atom. The number of aromatic nitrogens is 2. The van der Waals surface area contributed by atoms with E-state index in [-0.39, 0.29) is 11.9 Å². The van der Waals surface area contributed by atoms with E-state index in [0.717, 1.165) is 38.2 Å². The number of benzene rings is 1. The number of likely N-dealkylation sites (N-methyl/N-ethyl adjacent to an activating group) is 1. The highest BCUT2D eigenvalue weighted by atomic mass is 16.2. The molecular formula is C27H42N8O2. The summed E-state index contributed by atoms with van der Waals surface area (Å²) in [6.45, 7) is 10.0. The Morgan fingerprint density at radius 1 is 1.00 bits per heavy atom. The van der Waals surface area contributed by atoms with Crippen molar-refractivity contribution in [3.05, 3.63) is 36.0 Å². The Morgan fingerprint density at radius 2 is 1.70 bits per heavy atom. The van der Waals surface area contributed by atoms with Crippen molar-refractivity contribution in [2.75, 3.05) is 55.3 Å². The summed E-state index contributed by atoms with van der Waals surface area (Å²) in [7, 11) is 1.72. The lowest BCUT2D eigenvalue weighted by Gasteiger charge is -2.26. The molecule has 4 N–H and O–H groups in total. The molecule has 0 atom stereocenters. The molecule has 2 aromatic rings. The zero-order valence-corrected chi connectivity index (χ0v) is 22.6. The minimum absolute atomic E-state index is 0.0910. The van der Waals surface area contributed by atoms with Crippen LogP contribution in [0, 0.1) is 0 Å². The summed E-state index contributed by atoms with van der Waals surface area (Å²) in [6, 6.07) is 7.36. The van der Waals surface area contributed by atoms with Crippen LogP contribution in [-0.4, -0.2) is 72.6 Å². The van der Waals surface area contributed by atoms with E-state index >= 15 is 0 Å². The molecule has 37 heavy (non-hydrogen) atoms. The molecular weight excluding hydrogens is 468 g/mol. The molecule has 10 nitrogen and oxygen atoms in total. The van der Waals surface area contributed by atoms with E-state index < -0.39 is 0 Å². The van der Waals surface area contributed by atoms with Crippen LogP contribution in [0.5, 0.6) is 0 Å². The maximum absolute atomic E-state index is 12.5. The van der Waals surface area contributed by atoms with E-state index in [0.29, 0.717) is 42.1 Å².